The molecular formula is C20H18Cl2N2O4S. The van der Waals surface area contributed by atoms with Gasteiger partial charge in [0.2, 0.25) is 0 Å². The molecule has 6 nitrogen and oxygen atoms in total. The van der Waals surface area contributed by atoms with Gasteiger partial charge in [-0.1, -0.05) is 47.5 Å². The number of rotatable bonds is 6. The molecule has 9 heteroatoms. The first kappa shape index (κ1) is 21.4. The standard InChI is InChI=1S/C20H18Cl2N2O4S/c1-3-12-4-6-15-17(8-12)29-20(24(15)10-19(26)27-2)23-18(25)11-28-16-7-5-13(21)9-14(16)22/h4-9H,3,10-11H2,1-2H3. The number of fused-ring (bicyclic) bond motifs is 1. The van der Waals surface area contributed by atoms with Crippen molar-refractivity contribution in [1.82, 2.24) is 4.57 Å². The average molecular weight is 453 g/mol. The second-order valence-corrected chi connectivity index (χ2v) is 7.92. The maximum absolute atomic E-state index is 12.4. The summed E-state index contributed by atoms with van der Waals surface area (Å²) in [6.45, 7) is 1.72. The number of amides is 1. The summed E-state index contributed by atoms with van der Waals surface area (Å²) in [4.78, 5) is 28.8. The molecule has 152 valence electrons. The average Bonchev–Trinajstić information content (AvgIpc) is 3.03. The Bertz CT molecular complexity index is 1140. The Morgan fingerprint density at radius 3 is 2.66 bits per heavy atom. The molecule has 0 N–H and O–H groups in total. The Labute approximate surface area is 181 Å². The fourth-order valence-electron chi connectivity index (χ4n) is 2.64. The number of aryl methyl sites for hydroxylation is 1. The topological polar surface area (TPSA) is 69.9 Å². The number of benzene rings is 2. The van der Waals surface area contributed by atoms with Gasteiger partial charge in [0.25, 0.3) is 5.91 Å². The van der Waals surface area contributed by atoms with E-state index in [1.807, 2.05) is 18.2 Å². The first-order chi connectivity index (χ1) is 13.9. The number of aromatic nitrogens is 1. The zero-order chi connectivity index (χ0) is 21.0. The monoisotopic (exact) mass is 452 g/mol. The summed E-state index contributed by atoms with van der Waals surface area (Å²) in [5.74, 6) is -0.592. The number of halogens is 2. The van der Waals surface area contributed by atoms with Crippen LogP contribution in [0.2, 0.25) is 10.0 Å². The van der Waals surface area contributed by atoms with Crippen LogP contribution in [0.5, 0.6) is 5.75 Å². The molecule has 1 heterocycles. The maximum atomic E-state index is 12.4. The molecule has 0 aliphatic carbocycles. The molecule has 0 spiro atoms. The maximum Gasteiger partial charge on any atom is 0.325 e. The van der Waals surface area contributed by atoms with Gasteiger partial charge in [0.15, 0.2) is 11.4 Å². The van der Waals surface area contributed by atoms with E-state index in [4.69, 9.17) is 32.7 Å². The highest BCUT2D eigenvalue weighted by atomic mass is 35.5. The van der Waals surface area contributed by atoms with E-state index in [2.05, 4.69) is 11.9 Å². The van der Waals surface area contributed by atoms with Crippen molar-refractivity contribution in [2.45, 2.75) is 19.9 Å². The van der Waals surface area contributed by atoms with Crippen molar-refractivity contribution in [2.24, 2.45) is 4.99 Å². The van der Waals surface area contributed by atoms with Crippen molar-refractivity contribution in [3.05, 3.63) is 56.8 Å². The minimum atomic E-state index is -0.503. The highest BCUT2D eigenvalue weighted by Crippen LogP contribution is 2.27. The number of thiazole rings is 1. The molecule has 2 aromatic carbocycles. The van der Waals surface area contributed by atoms with Crippen LogP contribution in [0.25, 0.3) is 10.2 Å². The fourth-order valence-corrected chi connectivity index (χ4v) is 4.21. The highest BCUT2D eigenvalue weighted by molar-refractivity contribution is 7.16. The van der Waals surface area contributed by atoms with Gasteiger partial charge in [0, 0.05) is 5.02 Å². The lowest BCUT2D eigenvalue weighted by atomic mass is 10.2. The normalized spacial score (nSPS) is 11.7. The molecule has 0 fully saturated rings. The molecule has 0 saturated carbocycles. The highest BCUT2D eigenvalue weighted by Gasteiger charge is 2.13. The molecule has 1 aromatic heterocycles. The quantitative estimate of drug-likeness (QED) is 0.524. The zero-order valence-electron chi connectivity index (χ0n) is 15.8. The van der Waals surface area contributed by atoms with Crippen molar-refractivity contribution in [1.29, 1.82) is 0 Å². The number of hydrogen-bond donors (Lipinski definition) is 0. The third-order valence-corrected chi connectivity index (χ3v) is 5.71. The van der Waals surface area contributed by atoms with E-state index >= 15 is 0 Å². The molecule has 3 rings (SSSR count). The minimum Gasteiger partial charge on any atom is -0.482 e. The minimum absolute atomic E-state index is 0.0437. The molecule has 0 bridgehead atoms. The molecule has 3 aromatic rings. The number of carbonyl (C=O) groups excluding carboxylic acids is 2. The number of hydrogen-bond acceptors (Lipinski definition) is 5. The van der Waals surface area contributed by atoms with E-state index in [1.54, 1.807) is 16.7 Å². The van der Waals surface area contributed by atoms with Gasteiger partial charge in [-0.2, -0.15) is 4.99 Å². The Kier molecular flexibility index (Phi) is 6.95. The first-order valence-corrected chi connectivity index (χ1v) is 10.3. The lowest BCUT2D eigenvalue weighted by Gasteiger charge is -2.06. The number of ether oxygens (including phenoxy) is 2. The van der Waals surface area contributed by atoms with Crippen LogP contribution in [0.4, 0.5) is 0 Å². The first-order valence-electron chi connectivity index (χ1n) is 8.75. The number of nitrogens with zero attached hydrogens (tertiary/aromatic N) is 2. The molecule has 0 radical (unpaired) electrons. The van der Waals surface area contributed by atoms with Gasteiger partial charge in [-0.15, -0.1) is 0 Å². The van der Waals surface area contributed by atoms with Crippen molar-refractivity contribution in [3.63, 3.8) is 0 Å². The lowest BCUT2D eigenvalue weighted by molar-refractivity contribution is -0.141. The van der Waals surface area contributed by atoms with Gasteiger partial charge < -0.3 is 14.0 Å². The van der Waals surface area contributed by atoms with Gasteiger partial charge in [-0.25, -0.2) is 0 Å². The van der Waals surface area contributed by atoms with Gasteiger partial charge in [0.05, 0.1) is 22.3 Å². The molecule has 1 amide bonds. The molecular weight excluding hydrogens is 435 g/mol. The molecule has 0 saturated heterocycles. The Balaban J connectivity index is 1.91. The number of methoxy groups -OCH3 is 1. The summed E-state index contributed by atoms with van der Waals surface area (Å²) in [6, 6.07) is 10.7. The second-order valence-electron chi connectivity index (χ2n) is 6.07. The zero-order valence-corrected chi connectivity index (χ0v) is 18.1. The largest absolute Gasteiger partial charge is 0.482 e. The summed E-state index contributed by atoms with van der Waals surface area (Å²) in [5, 5.41) is 0.777. The van der Waals surface area contributed by atoms with Crippen LogP contribution < -0.4 is 9.54 Å². The summed E-state index contributed by atoms with van der Waals surface area (Å²) >= 11 is 13.2. The van der Waals surface area contributed by atoms with Crippen molar-refractivity contribution < 1.29 is 19.1 Å². The Hall–Kier alpha value is -2.35. The SMILES string of the molecule is CCc1ccc2c(c1)sc(=NC(=O)COc1ccc(Cl)cc1Cl)n2CC(=O)OC. The van der Waals surface area contributed by atoms with Gasteiger partial charge in [0.1, 0.15) is 12.3 Å². The van der Waals surface area contributed by atoms with Crippen molar-refractivity contribution in [3.8, 4) is 5.75 Å². The van der Waals surface area contributed by atoms with E-state index in [-0.39, 0.29) is 13.2 Å². The molecule has 29 heavy (non-hydrogen) atoms. The molecule has 0 atom stereocenters. The van der Waals surface area contributed by atoms with Crippen LogP contribution in [-0.2, 0) is 27.3 Å². The van der Waals surface area contributed by atoms with Gasteiger partial charge >= 0.3 is 5.97 Å². The third-order valence-electron chi connectivity index (χ3n) is 4.14. The third kappa shape index (κ3) is 5.18. The van der Waals surface area contributed by atoms with Crippen LogP contribution in [0.15, 0.2) is 41.4 Å². The molecule has 0 aliphatic heterocycles. The van der Waals surface area contributed by atoms with Gasteiger partial charge in [-0.3, -0.25) is 9.59 Å². The van der Waals surface area contributed by atoms with Crippen LogP contribution in [-0.4, -0.2) is 30.2 Å². The number of carbonyl (C=O) groups is 2. The molecule has 0 aliphatic rings. The second kappa shape index (κ2) is 9.43. The van der Waals surface area contributed by atoms with Crippen LogP contribution in [0, 0.1) is 0 Å². The Morgan fingerprint density at radius 1 is 1.17 bits per heavy atom. The summed E-state index contributed by atoms with van der Waals surface area (Å²) in [6.07, 6.45) is 0.881. The van der Waals surface area contributed by atoms with E-state index in [0.29, 0.717) is 20.6 Å². The van der Waals surface area contributed by atoms with Gasteiger partial charge in [-0.05, 0) is 42.3 Å². The van der Waals surface area contributed by atoms with E-state index < -0.39 is 11.9 Å². The Morgan fingerprint density at radius 2 is 1.97 bits per heavy atom. The number of esters is 1. The summed E-state index contributed by atoms with van der Waals surface area (Å²) in [7, 11) is 1.32. The smallest absolute Gasteiger partial charge is 0.325 e. The van der Waals surface area contributed by atoms with E-state index in [1.165, 1.54) is 24.5 Å². The predicted octanol–water partition coefficient (Wildman–Crippen LogP) is 4.25. The predicted molar refractivity (Wildman–Crippen MR) is 114 cm³/mol. The van der Waals surface area contributed by atoms with Crippen molar-refractivity contribution in [2.75, 3.05) is 13.7 Å². The lowest BCUT2D eigenvalue weighted by Crippen LogP contribution is -2.23. The fraction of sp³-hybridized carbons (Fsp3) is 0.250. The summed E-state index contributed by atoms with van der Waals surface area (Å²) < 4.78 is 12.8. The van der Waals surface area contributed by atoms with Crippen LogP contribution >= 0.6 is 34.5 Å². The van der Waals surface area contributed by atoms with Crippen molar-refractivity contribution >= 4 is 56.6 Å². The van der Waals surface area contributed by atoms with Crippen LogP contribution in [0.1, 0.15) is 12.5 Å². The molecule has 0 unspecified atom stereocenters. The van der Waals surface area contributed by atoms with Crippen LogP contribution in [0.3, 0.4) is 0 Å². The summed E-state index contributed by atoms with van der Waals surface area (Å²) in [5.41, 5.74) is 1.97. The van der Waals surface area contributed by atoms with E-state index in [0.717, 1.165) is 22.2 Å². The van der Waals surface area contributed by atoms with E-state index in [9.17, 15) is 9.59 Å².